The molecule has 0 aromatic heterocycles. The van der Waals surface area contributed by atoms with E-state index >= 15 is 0 Å². The zero-order valence-corrected chi connectivity index (χ0v) is 20.7. The van der Waals surface area contributed by atoms with E-state index in [-0.39, 0.29) is 24.9 Å². The van der Waals surface area contributed by atoms with Gasteiger partial charge in [0.05, 0.1) is 30.0 Å². The Morgan fingerprint density at radius 3 is 2.45 bits per heavy atom. The maximum Gasteiger partial charge on any atom is 0.306 e. The summed E-state index contributed by atoms with van der Waals surface area (Å²) in [5, 5.41) is 0.415. The molecule has 0 spiro atoms. The molecule has 0 fully saturated rings. The fourth-order valence-electron chi connectivity index (χ4n) is 2.80. The number of carbonyl (C=O) groups is 2. The highest BCUT2D eigenvalue weighted by molar-refractivity contribution is 9.10. The van der Waals surface area contributed by atoms with Crippen LogP contribution in [0.1, 0.15) is 44.0 Å². The molecule has 0 N–H and O–H groups in total. The maximum absolute atomic E-state index is 13.2. The summed E-state index contributed by atoms with van der Waals surface area (Å²) in [6, 6.07) is 10.4. The molecular formula is C23H27BrClNO5. The molecule has 8 heteroatoms. The summed E-state index contributed by atoms with van der Waals surface area (Å²) in [4.78, 5) is 26.6. The van der Waals surface area contributed by atoms with Gasteiger partial charge in [0.2, 0.25) is 0 Å². The van der Waals surface area contributed by atoms with Crippen LogP contribution in [0.5, 0.6) is 11.5 Å². The molecule has 0 aliphatic carbocycles. The summed E-state index contributed by atoms with van der Waals surface area (Å²) in [7, 11) is 3.21. The summed E-state index contributed by atoms with van der Waals surface area (Å²) in [6.45, 7) is 5.69. The van der Waals surface area contributed by atoms with E-state index in [1.54, 1.807) is 38.4 Å². The lowest BCUT2D eigenvalue weighted by atomic mass is 10.1. The van der Waals surface area contributed by atoms with Gasteiger partial charge in [-0.05, 0) is 61.3 Å². The van der Waals surface area contributed by atoms with Gasteiger partial charge in [0.1, 0.15) is 17.1 Å². The summed E-state index contributed by atoms with van der Waals surface area (Å²) < 4.78 is 17.1. The molecule has 0 aliphatic heterocycles. The predicted octanol–water partition coefficient (Wildman–Crippen LogP) is 5.89. The Kier molecular flexibility index (Phi) is 8.77. The third-order valence-electron chi connectivity index (χ3n) is 4.21. The van der Waals surface area contributed by atoms with Crippen LogP contribution in [0.25, 0.3) is 0 Å². The number of nitrogens with zero attached hydrogens (tertiary/aromatic N) is 1. The van der Waals surface area contributed by atoms with Crippen LogP contribution in [0.3, 0.4) is 0 Å². The van der Waals surface area contributed by atoms with E-state index in [2.05, 4.69) is 15.9 Å². The largest absolute Gasteiger partial charge is 0.495 e. The Labute approximate surface area is 196 Å². The van der Waals surface area contributed by atoms with Gasteiger partial charge in [0.25, 0.3) is 5.91 Å². The number of halogens is 2. The number of anilines is 1. The second kappa shape index (κ2) is 10.9. The highest BCUT2D eigenvalue weighted by Gasteiger charge is 2.22. The second-order valence-corrected chi connectivity index (χ2v) is 9.10. The smallest absolute Gasteiger partial charge is 0.306 e. The zero-order valence-electron chi connectivity index (χ0n) is 18.3. The first kappa shape index (κ1) is 25.0. The van der Waals surface area contributed by atoms with E-state index in [0.717, 1.165) is 0 Å². The summed E-state index contributed by atoms with van der Waals surface area (Å²) in [5.41, 5.74) is 0.429. The number of methoxy groups -OCH3 is 1. The maximum atomic E-state index is 13.2. The van der Waals surface area contributed by atoms with Gasteiger partial charge in [0.15, 0.2) is 0 Å². The number of benzene rings is 2. The standard InChI is InChI=1S/C23H27BrClNO5/c1-23(2,3)31-21(27)11-8-12-30-20-14-17(25)16(24)13-15(20)22(28)26(4)18-9-6-7-10-19(18)29-5/h6-7,9-10,13-14H,8,11-12H2,1-5H3. The molecule has 0 radical (unpaired) electrons. The van der Waals surface area contributed by atoms with Crippen LogP contribution in [0.15, 0.2) is 40.9 Å². The molecule has 0 heterocycles. The van der Waals surface area contributed by atoms with Gasteiger partial charge in [-0.1, -0.05) is 23.7 Å². The number of hydrogen-bond acceptors (Lipinski definition) is 5. The first-order valence-corrected chi connectivity index (χ1v) is 11.0. The van der Waals surface area contributed by atoms with E-state index in [4.69, 9.17) is 25.8 Å². The van der Waals surface area contributed by atoms with Crippen LogP contribution >= 0.6 is 27.5 Å². The number of esters is 1. The fraction of sp³-hybridized carbons (Fsp3) is 0.391. The number of rotatable bonds is 8. The van der Waals surface area contributed by atoms with Crippen LogP contribution < -0.4 is 14.4 Å². The quantitative estimate of drug-likeness (QED) is 0.326. The fourth-order valence-corrected chi connectivity index (χ4v) is 3.30. The molecule has 0 saturated carbocycles. The van der Waals surface area contributed by atoms with E-state index in [1.165, 1.54) is 4.90 Å². The molecule has 6 nitrogen and oxygen atoms in total. The molecule has 0 aliphatic rings. The Balaban J connectivity index is 2.16. The monoisotopic (exact) mass is 511 g/mol. The second-order valence-electron chi connectivity index (χ2n) is 7.84. The van der Waals surface area contributed by atoms with Crippen molar-refractivity contribution in [1.29, 1.82) is 0 Å². The molecule has 31 heavy (non-hydrogen) atoms. The summed E-state index contributed by atoms with van der Waals surface area (Å²) >= 11 is 9.59. The van der Waals surface area contributed by atoms with Crippen LogP contribution in [-0.2, 0) is 9.53 Å². The van der Waals surface area contributed by atoms with E-state index in [1.807, 2.05) is 32.9 Å². The lowest BCUT2D eigenvalue weighted by Gasteiger charge is -2.22. The van der Waals surface area contributed by atoms with Gasteiger partial charge in [0, 0.05) is 24.0 Å². The molecule has 2 rings (SSSR count). The molecule has 0 saturated heterocycles. The average molecular weight is 513 g/mol. The van der Waals surface area contributed by atoms with Gasteiger partial charge < -0.3 is 19.1 Å². The summed E-state index contributed by atoms with van der Waals surface area (Å²) in [5.74, 6) is 0.330. The third kappa shape index (κ3) is 7.14. The molecule has 2 aromatic rings. The number of amides is 1. The lowest BCUT2D eigenvalue weighted by Crippen LogP contribution is -2.27. The van der Waals surface area contributed by atoms with E-state index < -0.39 is 5.60 Å². The first-order chi connectivity index (χ1) is 14.5. The van der Waals surface area contributed by atoms with Crippen LogP contribution in [-0.4, -0.2) is 38.2 Å². The Bertz CT molecular complexity index is 942. The van der Waals surface area contributed by atoms with Crippen LogP contribution in [0, 0.1) is 0 Å². The molecule has 0 atom stereocenters. The zero-order chi connectivity index (χ0) is 23.2. The van der Waals surface area contributed by atoms with E-state index in [0.29, 0.717) is 38.7 Å². The number of ether oxygens (including phenoxy) is 3. The minimum Gasteiger partial charge on any atom is -0.495 e. The van der Waals surface area contributed by atoms with Crippen molar-refractivity contribution >= 4 is 45.1 Å². The third-order valence-corrected chi connectivity index (χ3v) is 5.40. The van der Waals surface area contributed by atoms with Crippen molar-refractivity contribution in [1.82, 2.24) is 0 Å². The Morgan fingerprint density at radius 2 is 1.81 bits per heavy atom. The SMILES string of the molecule is COc1ccccc1N(C)C(=O)c1cc(Br)c(Cl)cc1OCCCC(=O)OC(C)(C)C. The normalized spacial score (nSPS) is 11.1. The minimum absolute atomic E-state index is 0.214. The Hall–Kier alpha value is -2.25. The minimum atomic E-state index is -0.528. The number of hydrogen-bond donors (Lipinski definition) is 0. The van der Waals surface area contributed by atoms with Gasteiger partial charge in [-0.15, -0.1) is 0 Å². The summed E-state index contributed by atoms with van der Waals surface area (Å²) in [6.07, 6.45) is 0.657. The van der Waals surface area contributed by atoms with Crippen molar-refractivity contribution in [3.8, 4) is 11.5 Å². The number of para-hydroxylation sites is 2. The van der Waals surface area contributed by atoms with Crippen LogP contribution in [0.4, 0.5) is 5.69 Å². The van der Waals surface area contributed by atoms with Crippen LogP contribution in [0.2, 0.25) is 5.02 Å². The average Bonchev–Trinajstić information content (AvgIpc) is 2.71. The van der Waals surface area contributed by atoms with Crippen molar-refractivity contribution in [2.45, 2.75) is 39.2 Å². The van der Waals surface area contributed by atoms with E-state index in [9.17, 15) is 9.59 Å². The van der Waals surface area contributed by atoms with Crippen molar-refractivity contribution in [3.63, 3.8) is 0 Å². The van der Waals surface area contributed by atoms with Crippen molar-refractivity contribution in [2.75, 3.05) is 25.7 Å². The lowest BCUT2D eigenvalue weighted by molar-refractivity contribution is -0.155. The topological polar surface area (TPSA) is 65.1 Å². The molecule has 0 bridgehead atoms. The van der Waals surface area contributed by atoms with Gasteiger partial charge >= 0.3 is 5.97 Å². The van der Waals surface area contributed by atoms with Gasteiger partial charge in [-0.3, -0.25) is 9.59 Å². The molecule has 168 valence electrons. The van der Waals surface area contributed by atoms with Gasteiger partial charge in [-0.2, -0.15) is 0 Å². The first-order valence-electron chi connectivity index (χ1n) is 9.78. The predicted molar refractivity (Wildman–Crippen MR) is 125 cm³/mol. The molecule has 0 unspecified atom stereocenters. The van der Waals surface area contributed by atoms with Crippen molar-refractivity contribution < 1.29 is 23.8 Å². The molecular weight excluding hydrogens is 486 g/mol. The Morgan fingerprint density at radius 1 is 1.13 bits per heavy atom. The number of carbonyl (C=O) groups excluding carboxylic acids is 2. The van der Waals surface area contributed by atoms with Crippen molar-refractivity contribution in [3.05, 3.63) is 51.5 Å². The molecule has 2 aromatic carbocycles. The van der Waals surface area contributed by atoms with Crippen molar-refractivity contribution in [2.24, 2.45) is 0 Å². The van der Waals surface area contributed by atoms with Gasteiger partial charge in [-0.25, -0.2) is 0 Å². The molecule has 1 amide bonds. The highest BCUT2D eigenvalue weighted by Crippen LogP contribution is 2.34. The highest BCUT2D eigenvalue weighted by atomic mass is 79.9.